The Morgan fingerprint density at radius 3 is 2.59 bits per heavy atom. The lowest BCUT2D eigenvalue weighted by molar-refractivity contribution is 0.164. The summed E-state index contributed by atoms with van der Waals surface area (Å²) in [5.74, 6) is 1.73. The van der Waals surface area contributed by atoms with Crippen molar-refractivity contribution >= 4 is 35.6 Å². The fraction of sp³-hybridized carbons (Fsp3) is 0.600. The Hall–Kier alpha value is -1.35. The van der Waals surface area contributed by atoms with Gasteiger partial charge in [-0.3, -0.25) is 4.90 Å². The number of pyridine rings is 1. The number of hydrogen-bond acceptors (Lipinski definition) is 3. The van der Waals surface area contributed by atoms with E-state index in [2.05, 4.69) is 59.5 Å². The highest BCUT2D eigenvalue weighted by atomic mass is 127. The third kappa shape index (κ3) is 5.81. The number of aliphatic imine (C=N–C) groups is 1. The summed E-state index contributed by atoms with van der Waals surface area (Å²) in [5.41, 5.74) is 3.19. The van der Waals surface area contributed by atoms with Gasteiger partial charge >= 0.3 is 0 Å². The van der Waals surface area contributed by atoms with E-state index in [1.807, 2.05) is 12.1 Å². The molecule has 1 fully saturated rings. The number of guanidine groups is 1. The van der Waals surface area contributed by atoms with E-state index in [-0.39, 0.29) is 24.0 Å². The molecular formula is C20H33IN6. The summed E-state index contributed by atoms with van der Waals surface area (Å²) in [5, 5.41) is 3.45. The molecule has 150 valence electrons. The maximum Gasteiger partial charge on any atom is 0.194 e. The number of nitrogens with zero attached hydrogens (tertiary/aromatic N) is 5. The molecule has 1 saturated heterocycles. The molecule has 0 amide bonds. The lowest BCUT2D eigenvalue weighted by Crippen LogP contribution is -2.53. The second-order valence-corrected chi connectivity index (χ2v) is 7.48. The van der Waals surface area contributed by atoms with Crippen LogP contribution in [0.5, 0.6) is 0 Å². The molecular weight excluding hydrogens is 451 g/mol. The van der Waals surface area contributed by atoms with E-state index >= 15 is 0 Å². The van der Waals surface area contributed by atoms with Crippen LogP contribution in [-0.2, 0) is 6.54 Å². The molecule has 0 saturated carbocycles. The molecule has 0 radical (unpaired) electrons. The van der Waals surface area contributed by atoms with Gasteiger partial charge in [0, 0.05) is 51.2 Å². The van der Waals surface area contributed by atoms with E-state index in [9.17, 15) is 0 Å². The van der Waals surface area contributed by atoms with E-state index in [0.717, 1.165) is 55.9 Å². The molecule has 2 aromatic heterocycles. The fourth-order valence-corrected chi connectivity index (χ4v) is 3.52. The Kier molecular flexibility index (Phi) is 8.34. The quantitative estimate of drug-likeness (QED) is 0.403. The van der Waals surface area contributed by atoms with Gasteiger partial charge in [0.25, 0.3) is 0 Å². The first-order valence-corrected chi connectivity index (χ1v) is 9.76. The van der Waals surface area contributed by atoms with Crippen LogP contribution in [0.1, 0.15) is 32.2 Å². The molecule has 0 unspecified atom stereocenters. The number of aromatic nitrogens is 2. The SMILES string of the molecule is CCNC(=NCc1cn2c(C)cccc2n1)N1CCN(CC(C)C)CC1.I. The van der Waals surface area contributed by atoms with Gasteiger partial charge in [-0.15, -0.1) is 24.0 Å². The van der Waals surface area contributed by atoms with Gasteiger partial charge in [-0.05, 0) is 31.9 Å². The zero-order valence-corrected chi connectivity index (χ0v) is 19.3. The van der Waals surface area contributed by atoms with Crippen LogP contribution in [0.15, 0.2) is 29.4 Å². The first-order valence-electron chi connectivity index (χ1n) is 9.76. The Bertz CT molecular complexity index is 746. The minimum Gasteiger partial charge on any atom is -0.357 e. The standard InChI is InChI=1S/C20H32N6.HI/c1-5-21-20(25-11-9-24(10-12-25)14-16(2)3)22-13-18-15-26-17(4)7-6-8-19(26)23-18;/h6-8,15-16H,5,9-14H2,1-4H3,(H,21,22);1H. The van der Waals surface area contributed by atoms with Crippen LogP contribution >= 0.6 is 24.0 Å². The predicted molar refractivity (Wildman–Crippen MR) is 123 cm³/mol. The highest BCUT2D eigenvalue weighted by molar-refractivity contribution is 14.0. The Balaban J connectivity index is 0.00000261. The first kappa shape index (κ1) is 21.9. The monoisotopic (exact) mass is 484 g/mol. The average Bonchev–Trinajstić information content (AvgIpc) is 3.03. The van der Waals surface area contributed by atoms with E-state index in [1.54, 1.807) is 0 Å². The summed E-state index contributed by atoms with van der Waals surface area (Å²) in [7, 11) is 0. The van der Waals surface area contributed by atoms with Crippen LogP contribution in [0.25, 0.3) is 5.65 Å². The average molecular weight is 484 g/mol. The Labute approximate surface area is 180 Å². The molecule has 0 spiro atoms. The lowest BCUT2D eigenvalue weighted by atomic mass is 10.2. The highest BCUT2D eigenvalue weighted by Gasteiger charge is 2.20. The van der Waals surface area contributed by atoms with Gasteiger partial charge in [-0.2, -0.15) is 0 Å². The molecule has 1 aliphatic rings. The lowest BCUT2D eigenvalue weighted by Gasteiger charge is -2.37. The number of nitrogens with one attached hydrogen (secondary N) is 1. The zero-order chi connectivity index (χ0) is 18.5. The van der Waals surface area contributed by atoms with Crippen LogP contribution in [-0.4, -0.2) is 64.4 Å². The van der Waals surface area contributed by atoms with E-state index in [0.29, 0.717) is 6.54 Å². The van der Waals surface area contributed by atoms with Crippen molar-refractivity contribution in [2.45, 2.75) is 34.2 Å². The molecule has 27 heavy (non-hydrogen) atoms. The van der Waals surface area contributed by atoms with Crippen molar-refractivity contribution in [2.24, 2.45) is 10.9 Å². The van der Waals surface area contributed by atoms with Crippen molar-refractivity contribution in [2.75, 3.05) is 39.3 Å². The maximum absolute atomic E-state index is 4.86. The molecule has 7 heteroatoms. The summed E-state index contributed by atoms with van der Waals surface area (Å²) < 4.78 is 2.13. The van der Waals surface area contributed by atoms with Crippen LogP contribution in [0.3, 0.4) is 0 Å². The van der Waals surface area contributed by atoms with E-state index in [1.165, 1.54) is 12.2 Å². The second kappa shape index (κ2) is 10.3. The van der Waals surface area contributed by atoms with Gasteiger partial charge < -0.3 is 14.6 Å². The minimum atomic E-state index is 0. The smallest absolute Gasteiger partial charge is 0.194 e. The first-order chi connectivity index (χ1) is 12.6. The number of rotatable bonds is 5. The molecule has 0 bridgehead atoms. The zero-order valence-electron chi connectivity index (χ0n) is 17.0. The van der Waals surface area contributed by atoms with Gasteiger partial charge in [0.15, 0.2) is 5.96 Å². The van der Waals surface area contributed by atoms with Crippen LogP contribution < -0.4 is 5.32 Å². The molecule has 1 aliphatic heterocycles. The van der Waals surface area contributed by atoms with Crippen LogP contribution in [0, 0.1) is 12.8 Å². The molecule has 0 atom stereocenters. The summed E-state index contributed by atoms with van der Waals surface area (Å²) in [6.45, 7) is 15.7. The largest absolute Gasteiger partial charge is 0.357 e. The van der Waals surface area contributed by atoms with Crippen molar-refractivity contribution in [3.63, 3.8) is 0 Å². The normalized spacial score (nSPS) is 16.0. The minimum absolute atomic E-state index is 0. The van der Waals surface area contributed by atoms with Gasteiger partial charge in [-0.1, -0.05) is 19.9 Å². The number of aryl methyl sites for hydroxylation is 1. The molecule has 0 aromatic carbocycles. The molecule has 3 heterocycles. The van der Waals surface area contributed by atoms with Crippen molar-refractivity contribution in [3.05, 3.63) is 35.8 Å². The summed E-state index contributed by atoms with van der Waals surface area (Å²) in [4.78, 5) is 14.5. The fourth-order valence-electron chi connectivity index (χ4n) is 3.52. The third-order valence-corrected chi connectivity index (χ3v) is 4.77. The molecule has 0 aliphatic carbocycles. The molecule has 6 nitrogen and oxygen atoms in total. The van der Waals surface area contributed by atoms with E-state index in [4.69, 9.17) is 9.98 Å². The third-order valence-electron chi connectivity index (χ3n) is 4.77. The number of piperazine rings is 1. The molecule has 1 N–H and O–H groups in total. The molecule has 3 rings (SSSR count). The van der Waals surface area contributed by atoms with Crippen molar-refractivity contribution in [1.82, 2.24) is 24.5 Å². The number of halogens is 1. The van der Waals surface area contributed by atoms with Crippen molar-refractivity contribution in [1.29, 1.82) is 0 Å². The molecule has 2 aromatic rings. The second-order valence-electron chi connectivity index (χ2n) is 7.48. The van der Waals surface area contributed by atoms with Gasteiger partial charge in [0.05, 0.1) is 12.2 Å². The van der Waals surface area contributed by atoms with Gasteiger partial charge in [0.1, 0.15) is 5.65 Å². The van der Waals surface area contributed by atoms with Crippen molar-refractivity contribution in [3.8, 4) is 0 Å². The number of imidazole rings is 1. The maximum atomic E-state index is 4.86. The predicted octanol–water partition coefficient (Wildman–Crippen LogP) is 3.00. The van der Waals surface area contributed by atoms with Crippen LogP contribution in [0.2, 0.25) is 0 Å². The van der Waals surface area contributed by atoms with Crippen LogP contribution in [0.4, 0.5) is 0 Å². The summed E-state index contributed by atoms with van der Waals surface area (Å²) in [6.07, 6.45) is 2.10. The Morgan fingerprint density at radius 1 is 1.22 bits per heavy atom. The van der Waals surface area contributed by atoms with Crippen molar-refractivity contribution < 1.29 is 0 Å². The topological polar surface area (TPSA) is 48.2 Å². The highest BCUT2D eigenvalue weighted by Crippen LogP contribution is 2.10. The van der Waals surface area contributed by atoms with Gasteiger partial charge in [-0.25, -0.2) is 9.98 Å². The van der Waals surface area contributed by atoms with Gasteiger partial charge in [0.2, 0.25) is 0 Å². The summed E-state index contributed by atoms with van der Waals surface area (Å²) in [6, 6.07) is 6.19. The van der Waals surface area contributed by atoms with E-state index < -0.39 is 0 Å². The number of fused-ring (bicyclic) bond motifs is 1. The Morgan fingerprint density at radius 2 is 1.96 bits per heavy atom. The number of hydrogen-bond donors (Lipinski definition) is 1. The summed E-state index contributed by atoms with van der Waals surface area (Å²) >= 11 is 0.